The molecule has 4 nitrogen and oxygen atoms in total. The fourth-order valence-corrected chi connectivity index (χ4v) is 1.88. The van der Waals surface area contributed by atoms with Crippen molar-refractivity contribution in [2.75, 3.05) is 20.2 Å². The van der Waals surface area contributed by atoms with Crippen molar-refractivity contribution in [3.63, 3.8) is 0 Å². The first-order chi connectivity index (χ1) is 9.70. The Morgan fingerprint density at radius 2 is 1.95 bits per heavy atom. The molecule has 0 aliphatic carbocycles. The topological polar surface area (TPSA) is 50.4 Å². The van der Waals surface area contributed by atoms with E-state index in [1.807, 2.05) is 56.4 Å². The summed E-state index contributed by atoms with van der Waals surface area (Å²) >= 11 is 0. The van der Waals surface area contributed by atoms with Gasteiger partial charge in [0, 0.05) is 18.0 Å². The average molecular weight is 272 g/mol. The predicted molar refractivity (Wildman–Crippen MR) is 81.0 cm³/mol. The van der Waals surface area contributed by atoms with Crippen LogP contribution in [0, 0.1) is 0 Å². The molecule has 1 amide bonds. The predicted octanol–water partition coefficient (Wildman–Crippen LogP) is 1.94. The van der Waals surface area contributed by atoms with Gasteiger partial charge in [-0.2, -0.15) is 0 Å². The lowest BCUT2D eigenvalue weighted by Crippen LogP contribution is -2.39. The second kappa shape index (κ2) is 6.91. The zero-order chi connectivity index (χ0) is 14.4. The summed E-state index contributed by atoms with van der Waals surface area (Å²) in [6.45, 7) is 2.63. The van der Waals surface area contributed by atoms with Crippen LogP contribution in [0.15, 0.2) is 42.5 Å². The molecule has 0 bridgehead atoms. The van der Waals surface area contributed by atoms with Crippen LogP contribution >= 0.6 is 0 Å². The number of nitrogens with one attached hydrogen (secondary N) is 2. The van der Waals surface area contributed by atoms with Crippen molar-refractivity contribution in [2.45, 2.75) is 13.0 Å². The van der Waals surface area contributed by atoms with E-state index >= 15 is 0 Å². The first-order valence-corrected chi connectivity index (χ1v) is 6.75. The third-order valence-electron chi connectivity index (χ3n) is 3.21. The molecule has 106 valence electrons. The van der Waals surface area contributed by atoms with E-state index in [1.54, 1.807) is 0 Å². The van der Waals surface area contributed by atoms with E-state index in [2.05, 4.69) is 10.6 Å². The fraction of sp³-hybridized carbons (Fsp3) is 0.312. The van der Waals surface area contributed by atoms with Gasteiger partial charge in [0.15, 0.2) is 6.61 Å². The molecule has 2 aromatic rings. The first kappa shape index (κ1) is 14.3. The molecule has 1 unspecified atom stereocenters. The molecule has 0 aliphatic heterocycles. The van der Waals surface area contributed by atoms with Gasteiger partial charge in [0.05, 0.1) is 0 Å². The number of likely N-dealkylation sites (N-methyl/N-ethyl adjacent to an activating group) is 1. The van der Waals surface area contributed by atoms with E-state index < -0.39 is 0 Å². The minimum absolute atomic E-state index is 0.0322. The van der Waals surface area contributed by atoms with Gasteiger partial charge in [-0.15, -0.1) is 0 Å². The number of ether oxygens (including phenoxy) is 1. The summed E-state index contributed by atoms with van der Waals surface area (Å²) in [5.74, 6) is 0.625. The van der Waals surface area contributed by atoms with Crippen molar-refractivity contribution >= 4 is 16.7 Å². The maximum absolute atomic E-state index is 11.7. The van der Waals surface area contributed by atoms with Gasteiger partial charge in [-0.3, -0.25) is 4.79 Å². The minimum Gasteiger partial charge on any atom is -0.483 e. The van der Waals surface area contributed by atoms with E-state index in [0.29, 0.717) is 6.54 Å². The van der Waals surface area contributed by atoms with Crippen LogP contribution in [0.2, 0.25) is 0 Å². The lowest BCUT2D eigenvalue weighted by Gasteiger charge is -2.12. The van der Waals surface area contributed by atoms with Crippen molar-refractivity contribution in [1.82, 2.24) is 10.6 Å². The van der Waals surface area contributed by atoms with Gasteiger partial charge in [0.1, 0.15) is 5.75 Å². The van der Waals surface area contributed by atoms with Crippen LogP contribution in [0.25, 0.3) is 10.8 Å². The number of rotatable bonds is 6. The molecule has 4 heteroatoms. The van der Waals surface area contributed by atoms with Gasteiger partial charge in [-0.1, -0.05) is 36.4 Å². The third kappa shape index (κ3) is 3.71. The molecule has 0 heterocycles. The van der Waals surface area contributed by atoms with E-state index in [0.717, 1.165) is 16.5 Å². The van der Waals surface area contributed by atoms with Gasteiger partial charge in [-0.25, -0.2) is 0 Å². The second-order valence-corrected chi connectivity index (χ2v) is 4.76. The summed E-state index contributed by atoms with van der Waals surface area (Å²) in [5, 5.41) is 8.01. The molecular weight excluding hydrogens is 252 g/mol. The average Bonchev–Trinajstić information content (AvgIpc) is 2.50. The fourth-order valence-electron chi connectivity index (χ4n) is 1.88. The van der Waals surface area contributed by atoms with Crippen LogP contribution in [-0.4, -0.2) is 32.1 Å². The van der Waals surface area contributed by atoms with E-state index in [-0.39, 0.29) is 18.6 Å². The van der Waals surface area contributed by atoms with Crippen LogP contribution < -0.4 is 15.4 Å². The Labute approximate surface area is 119 Å². The Balaban J connectivity index is 1.94. The highest BCUT2D eigenvalue weighted by atomic mass is 16.5. The number of fused-ring (bicyclic) bond motifs is 1. The monoisotopic (exact) mass is 272 g/mol. The van der Waals surface area contributed by atoms with Crippen molar-refractivity contribution < 1.29 is 9.53 Å². The molecule has 20 heavy (non-hydrogen) atoms. The standard InChI is InChI=1S/C16H20N2O2/c1-12(17-2)10-18-16(19)11-20-15-9-5-7-13-6-3-4-8-14(13)15/h3-9,12,17H,10-11H2,1-2H3,(H,18,19). The van der Waals surface area contributed by atoms with Gasteiger partial charge in [-0.05, 0) is 25.4 Å². The van der Waals surface area contributed by atoms with Crippen LogP contribution in [0.1, 0.15) is 6.92 Å². The molecule has 0 spiro atoms. The van der Waals surface area contributed by atoms with E-state index in [9.17, 15) is 4.79 Å². The van der Waals surface area contributed by atoms with Crippen molar-refractivity contribution in [1.29, 1.82) is 0 Å². The van der Waals surface area contributed by atoms with Gasteiger partial charge < -0.3 is 15.4 Å². The zero-order valence-corrected chi connectivity index (χ0v) is 11.8. The second-order valence-electron chi connectivity index (χ2n) is 4.76. The molecule has 0 saturated carbocycles. The number of carbonyl (C=O) groups excluding carboxylic acids is 1. The van der Waals surface area contributed by atoms with Crippen molar-refractivity contribution in [3.8, 4) is 5.75 Å². The van der Waals surface area contributed by atoms with E-state index in [4.69, 9.17) is 4.74 Å². The number of hydrogen-bond acceptors (Lipinski definition) is 3. The molecule has 0 radical (unpaired) electrons. The number of hydrogen-bond donors (Lipinski definition) is 2. The van der Waals surface area contributed by atoms with E-state index in [1.165, 1.54) is 0 Å². The van der Waals surface area contributed by atoms with Crippen LogP contribution in [0.5, 0.6) is 5.75 Å². The summed E-state index contributed by atoms with van der Waals surface area (Å²) < 4.78 is 5.61. The highest BCUT2D eigenvalue weighted by Crippen LogP contribution is 2.24. The zero-order valence-electron chi connectivity index (χ0n) is 11.8. The summed E-state index contributed by atoms with van der Waals surface area (Å²) in [6.07, 6.45) is 0. The lowest BCUT2D eigenvalue weighted by atomic mass is 10.1. The van der Waals surface area contributed by atoms with Crippen LogP contribution in [0.4, 0.5) is 0 Å². The quantitative estimate of drug-likeness (QED) is 0.845. The number of amides is 1. The molecular formula is C16H20N2O2. The summed E-state index contributed by atoms with van der Waals surface area (Å²) in [7, 11) is 1.86. The molecule has 0 aromatic heterocycles. The largest absolute Gasteiger partial charge is 0.483 e. The normalized spacial score (nSPS) is 12.1. The SMILES string of the molecule is CNC(C)CNC(=O)COc1cccc2ccccc12. The Kier molecular flexibility index (Phi) is 4.96. The molecule has 2 rings (SSSR count). The van der Waals surface area contributed by atoms with Gasteiger partial charge >= 0.3 is 0 Å². The Morgan fingerprint density at radius 1 is 1.20 bits per heavy atom. The molecule has 0 saturated heterocycles. The smallest absolute Gasteiger partial charge is 0.257 e. The van der Waals surface area contributed by atoms with Gasteiger partial charge in [0.2, 0.25) is 0 Å². The summed E-state index contributed by atoms with van der Waals surface area (Å²) in [6, 6.07) is 14.0. The minimum atomic E-state index is -0.111. The number of carbonyl (C=O) groups is 1. The highest BCUT2D eigenvalue weighted by molar-refractivity contribution is 5.88. The van der Waals surface area contributed by atoms with Crippen LogP contribution in [-0.2, 0) is 4.79 Å². The van der Waals surface area contributed by atoms with Crippen molar-refractivity contribution in [2.24, 2.45) is 0 Å². The maximum atomic E-state index is 11.7. The molecule has 2 aromatic carbocycles. The Bertz CT molecular complexity index is 578. The molecule has 0 fully saturated rings. The van der Waals surface area contributed by atoms with Crippen LogP contribution in [0.3, 0.4) is 0 Å². The Hall–Kier alpha value is -2.07. The lowest BCUT2D eigenvalue weighted by molar-refractivity contribution is -0.123. The van der Waals surface area contributed by atoms with Crippen molar-refractivity contribution in [3.05, 3.63) is 42.5 Å². The number of benzene rings is 2. The maximum Gasteiger partial charge on any atom is 0.257 e. The summed E-state index contributed by atoms with van der Waals surface area (Å²) in [4.78, 5) is 11.7. The molecule has 0 aliphatic rings. The first-order valence-electron chi connectivity index (χ1n) is 6.75. The molecule has 2 N–H and O–H groups in total. The highest BCUT2D eigenvalue weighted by Gasteiger charge is 2.06. The molecule has 1 atom stereocenters. The van der Waals surface area contributed by atoms with Gasteiger partial charge in [0.25, 0.3) is 5.91 Å². The summed E-state index contributed by atoms with van der Waals surface area (Å²) in [5.41, 5.74) is 0. The Morgan fingerprint density at radius 3 is 2.75 bits per heavy atom. The third-order valence-corrected chi connectivity index (χ3v) is 3.21.